The third kappa shape index (κ3) is 3.16. The van der Waals surface area contributed by atoms with Crippen molar-refractivity contribution >= 4 is 11.4 Å². The van der Waals surface area contributed by atoms with E-state index in [0.717, 1.165) is 39.1 Å². The van der Waals surface area contributed by atoms with Gasteiger partial charge < -0.3 is 11.2 Å². The highest BCUT2D eigenvalue weighted by Gasteiger charge is 2.19. The number of hydrogen-bond donors (Lipinski definition) is 3. The van der Waals surface area contributed by atoms with Gasteiger partial charge in [0.1, 0.15) is 0 Å². The summed E-state index contributed by atoms with van der Waals surface area (Å²) in [5, 5.41) is 0. The number of nitrogens with two attached hydrogens (primary N) is 2. The van der Waals surface area contributed by atoms with Crippen LogP contribution in [0.4, 0.5) is 11.4 Å². The summed E-state index contributed by atoms with van der Waals surface area (Å²) in [4.78, 5) is 0. The Hall–Kier alpha value is -3.56. The minimum atomic E-state index is 0.710. The van der Waals surface area contributed by atoms with Gasteiger partial charge >= 0.3 is 0 Å². The quantitative estimate of drug-likeness (QED) is 0.256. The fraction of sp³-hybridized carbons (Fsp3) is 0. The van der Waals surface area contributed by atoms with Gasteiger partial charge in [0.05, 0.1) is 11.4 Å². The van der Waals surface area contributed by atoms with Gasteiger partial charge in [0.2, 0.25) is 0 Å². The zero-order valence-electron chi connectivity index (χ0n) is 14.9. The zero-order chi connectivity index (χ0) is 18.6. The molecule has 0 radical (unpaired) electrons. The van der Waals surface area contributed by atoms with E-state index in [4.69, 9.17) is 11.6 Å². The van der Waals surface area contributed by atoms with Crippen LogP contribution in [0.15, 0.2) is 97.1 Å². The van der Waals surface area contributed by atoms with Crippen molar-refractivity contribution in [2.24, 2.45) is 5.84 Å². The fourth-order valence-corrected chi connectivity index (χ4v) is 3.49. The Bertz CT molecular complexity index is 1040. The zero-order valence-corrected chi connectivity index (χ0v) is 14.9. The molecule has 3 nitrogen and oxygen atoms in total. The van der Waals surface area contributed by atoms with Crippen LogP contribution in [0.3, 0.4) is 0 Å². The standard InChI is InChI=1S/C24H21N3/c25-24-22(18-12-6-2-7-13-18)20(17-10-4-1-5-11-17)16-21(27-26)23(24)19-14-8-3-9-15-19/h1-16,27H,25-26H2. The Morgan fingerprint density at radius 1 is 0.556 bits per heavy atom. The molecule has 0 unspecified atom stereocenters. The van der Waals surface area contributed by atoms with Crippen LogP contribution in [0.5, 0.6) is 0 Å². The Morgan fingerprint density at radius 2 is 1.00 bits per heavy atom. The minimum absolute atomic E-state index is 0.710. The van der Waals surface area contributed by atoms with Crippen LogP contribution in [0.2, 0.25) is 0 Å². The molecule has 0 aromatic heterocycles. The molecule has 0 aliphatic carbocycles. The van der Waals surface area contributed by atoms with Crippen molar-refractivity contribution in [2.45, 2.75) is 0 Å². The van der Waals surface area contributed by atoms with Gasteiger partial charge in [0.15, 0.2) is 0 Å². The maximum absolute atomic E-state index is 6.77. The van der Waals surface area contributed by atoms with Crippen LogP contribution >= 0.6 is 0 Å². The molecule has 0 atom stereocenters. The van der Waals surface area contributed by atoms with Crippen LogP contribution in [0, 0.1) is 0 Å². The molecule has 0 saturated carbocycles. The van der Waals surface area contributed by atoms with E-state index in [2.05, 4.69) is 35.8 Å². The van der Waals surface area contributed by atoms with E-state index >= 15 is 0 Å². The molecule has 4 rings (SSSR count). The monoisotopic (exact) mass is 351 g/mol. The van der Waals surface area contributed by atoms with Gasteiger partial charge in [-0.2, -0.15) is 0 Å². The summed E-state index contributed by atoms with van der Waals surface area (Å²) in [6.45, 7) is 0. The molecule has 0 aliphatic heterocycles. The van der Waals surface area contributed by atoms with E-state index in [1.54, 1.807) is 0 Å². The highest BCUT2D eigenvalue weighted by Crippen LogP contribution is 2.45. The molecule has 0 heterocycles. The average molecular weight is 351 g/mol. The third-order valence-corrected chi connectivity index (χ3v) is 4.73. The molecular weight excluding hydrogens is 330 g/mol. The second-order valence-corrected chi connectivity index (χ2v) is 6.38. The van der Waals surface area contributed by atoms with Gasteiger partial charge in [-0.25, -0.2) is 0 Å². The number of nitrogen functional groups attached to an aromatic ring is 2. The number of rotatable bonds is 4. The predicted molar refractivity (Wildman–Crippen MR) is 115 cm³/mol. The van der Waals surface area contributed by atoms with Gasteiger partial charge in [-0.3, -0.25) is 5.84 Å². The molecule has 0 bridgehead atoms. The van der Waals surface area contributed by atoms with Gasteiger partial charge in [0, 0.05) is 11.1 Å². The summed E-state index contributed by atoms with van der Waals surface area (Å²) in [5.41, 5.74) is 17.3. The maximum Gasteiger partial charge on any atom is 0.0590 e. The highest BCUT2D eigenvalue weighted by molar-refractivity contribution is 6.03. The molecule has 0 saturated heterocycles. The molecule has 0 amide bonds. The predicted octanol–water partition coefficient (Wildman–Crippen LogP) is 5.56. The lowest BCUT2D eigenvalue weighted by molar-refractivity contribution is 1.35. The molecule has 4 aromatic carbocycles. The molecular formula is C24H21N3. The number of benzene rings is 4. The summed E-state index contributed by atoms with van der Waals surface area (Å²) in [5.74, 6) is 5.89. The van der Waals surface area contributed by atoms with Gasteiger partial charge in [-0.05, 0) is 28.3 Å². The molecule has 27 heavy (non-hydrogen) atoms. The first kappa shape index (κ1) is 16.9. The molecule has 5 N–H and O–H groups in total. The second-order valence-electron chi connectivity index (χ2n) is 6.38. The van der Waals surface area contributed by atoms with Crippen molar-refractivity contribution in [3.05, 3.63) is 97.1 Å². The first-order valence-electron chi connectivity index (χ1n) is 8.89. The van der Waals surface area contributed by atoms with Crippen LogP contribution in [-0.4, -0.2) is 0 Å². The molecule has 0 fully saturated rings. The summed E-state index contributed by atoms with van der Waals surface area (Å²) in [6.07, 6.45) is 0. The molecule has 3 heteroatoms. The SMILES string of the molecule is NNc1cc(-c2ccccc2)c(-c2ccccc2)c(N)c1-c1ccccc1. The minimum Gasteiger partial charge on any atom is -0.398 e. The molecule has 4 aromatic rings. The van der Waals surface area contributed by atoms with Gasteiger partial charge in [-0.1, -0.05) is 91.0 Å². The van der Waals surface area contributed by atoms with Crippen LogP contribution < -0.4 is 17.0 Å². The van der Waals surface area contributed by atoms with Crippen molar-refractivity contribution in [1.82, 2.24) is 0 Å². The van der Waals surface area contributed by atoms with Gasteiger partial charge in [0.25, 0.3) is 0 Å². The van der Waals surface area contributed by atoms with E-state index in [1.165, 1.54) is 0 Å². The summed E-state index contributed by atoms with van der Waals surface area (Å²) >= 11 is 0. The molecule has 0 spiro atoms. The smallest absolute Gasteiger partial charge is 0.0590 e. The van der Waals surface area contributed by atoms with E-state index < -0.39 is 0 Å². The highest BCUT2D eigenvalue weighted by atomic mass is 15.2. The van der Waals surface area contributed by atoms with Crippen molar-refractivity contribution in [3.8, 4) is 33.4 Å². The van der Waals surface area contributed by atoms with E-state index in [1.807, 2.05) is 66.7 Å². The van der Waals surface area contributed by atoms with E-state index in [0.29, 0.717) is 5.69 Å². The van der Waals surface area contributed by atoms with E-state index in [-0.39, 0.29) is 0 Å². The fourth-order valence-electron chi connectivity index (χ4n) is 3.49. The number of hydrazine groups is 1. The summed E-state index contributed by atoms with van der Waals surface area (Å²) in [7, 11) is 0. The third-order valence-electron chi connectivity index (χ3n) is 4.73. The Morgan fingerprint density at radius 3 is 1.48 bits per heavy atom. The number of hydrogen-bond acceptors (Lipinski definition) is 3. The number of nitrogens with one attached hydrogen (secondary N) is 1. The van der Waals surface area contributed by atoms with Crippen molar-refractivity contribution in [1.29, 1.82) is 0 Å². The summed E-state index contributed by atoms with van der Waals surface area (Å²) < 4.78 is 0. The normalized spacial score (nSPS) is 10.6. The largest absolute Gasteiger partial charge is 0.398 e. The maximum atomic E-state index is 6.77. The lowest BCUT2D eigenvalue weighted by Gasteiger charge is -2.21. The molecule has 132 valence electrons. The Labute approximate surface area is 159 Å². The van der Waals surface area contributed by atoms with Crippen molar-refractivity contribution in [2.75, 3.05) is 11.2 Å². The van der Waals surface area contributed by atoms with Crippen LogP contribution in [-0.2, 0) is 0 Å². The lowest BCUT2D eigenvalue weighted by Crippen LogP contribution is -2.10. The topological polar surface area (TPSA) is 64.1 Å². The molecule has 0 aliphatic rings. The first-order chi connectivity index (χ1) is 13.3. The lowest BCUT2D eigenvalue weighted by atomic mass is 9.88. The Balaban J connectivity index is 2.08. The first-order valence-corrected chi connectivity index (χ1v) is 8.89. The number of anilines is 2. The van der Waals surface area contributed by atoms with Crippen molar-refractivity contribution in [3.63, 3.8) is 0 Å². The summed E-state index contributed by atoms with van der Waals surface area (Å²) in [6, 6.07) is 32.6. The second kappa shape index (κ2) is 7.36. The average Bonchev–Trinajstić information content (AvgIpc) is 2.75. The van der Waals surface area contributed by atoms with Gasteiger partial charge in [-0.15, -0.1) is 0 Å². The van der Waals surface area contributed by atoms with Crippen molar-refractivity contribution < 1.29 is 0 Å². The Kier molecular flexibility index (Phi) is 4.60. The van der Waals surface area contributed by atoms with E-state index in [9.17, 15) is 0 Å². The van der Waals surface area contributed by atoms with Crippen LogP contribution in [0.25, 0.3) is 33.4 Å². The van der Waals surface area contributed by atoms with Crippen LogP contribution in [0.1, 0.15) is 0 Å².